The van der Waals surface area contributed by atoms with E-state index in [1.54, 1.807) is 0 Å². The Hall–Kier alpha value is -0.260. The highest BCUT2D eigenvalue weighted by atomic mass is 14.1. The van der Waals surface area contributed by atoms with E-state index >= 15 is 0 Å². The smallest absolute Gasteiger partial charge is 0.0326 e. The Kier molecular flexibility index (Phi) is 17.0. The van der Waals surface area contributed by atoms with Crippen molar-refractivity contribution in [3.05, 3.63) is 12.2 Å². The molecule has 0 saturated carbocycles. The molecule has 0 aromatic carbocycles. The van der Waals surface area contributed by atoms with E-state index in [9.17, 15) is 0 Å². The topological polar surface area (TPSA) is 0 Å². The second kappa shape index (κ2) is 17.2. The van der Waals surface area contributed by atoms with E-state index < -0.39 is 0 Å². The van der Waals surface area contributed by atoms with E-state index in [0.717, 1.165) is 17.8 Å². The Morgan fingerprint density at radius 2 is 1.00 bits per heavy atom. The van der Waals surface area contributed by atoms with E-state index in [4.69, 9.17) is 0 Å². The van der Waals surface area contributed by atoms with Crippen molar-refractivity contribution in [1.82, 2.24) is 0 Å². The molecule has 3 atom stereocenters. The zero-order chi connectivity index (χ0) is 18.9. The van der Waals surface area contributed by atoms with Gasteiger partial charge in [-0.05, 0) is 37.5 Å². The molecule has 0 aliphatic heterocycles. The molecule has 3 unspecified atom stereocenters. The third-order valence-electron chi connectivity index (χ3n) is 5.89. The molecule has 0 nitrogen and oxygen atoms in total. The predicted molar refractivity (Wildman–Crippen MR) is 117 cm³/mol. The largest absolute Gasteiger partial charge is 0.100 e. The minimum absolute atomic E-state index is 0.917. The fourth-order valence-corrected chi connectivity index (χ4v) is 3.90. The van der Waals surface area contributed by atoms with Crippen LogP contribution in [-0.2, 0) is 0 Å². The SMILES string of the molecule is C=C(C)CCCCC(C)CCCC(C)CCCC(C)CCCCCC. The molecule has 150 valence electrons. The summed E-state index contributed by atoms with van der Waals surface area (Å²) in [5.41, 5.74) is 1.34. The summed E-state index contributed by atoms with van der Waals surface area (Å²) in [5, 5.41) is 0. The van der Waals surface area contributed by atoms with Gasteiger partial charge < -0.3 is 0 Å². The zero-order valence-electron chi connectivity index (χ0n) is 18.5. The molecule has 0 amide bonds. The van der Waals surface area contributed by atoms with Crippen LogP contribution in [0.3, 0.4) is 0 Å². The van der Waals surface area contributed by atoms with Gasteiger partial charge in [0.1, 0.15) is 0 Å². The number of hydrogen-bond acceptors (Lipinski definition) is 0. The predicted octanol–water partition coefficient (Wildman–Crippen LogP) is 9.34. The molecule has 0 heteroatoms. The van der Waals surface area contributed by atoms with Gasteiger partial charge >= 0.3 is 0 Å². The van der Waals surface area contributed by atoms with Crippen molar-refractivity contribution in [2.75, 3.05) is 0 Å². The molecule has 0 aromatic rings. The van der Waals surface area contributed by atoms with Gasteiger partial charge in [-0.25, -0.2) is 0 Å². The van der Waals surface area contributed by atoms with Gasteiger partial charge in [0.05, 0.1) is 0 Å². The Morgan fingerprint density at radius 1 is 0.600 bits per heavy atom. The van der Waals surface area contributed by atoms with Gasteiger partial charge in [-0.15, -0.1) is 6.58 Å². The maximum atomic E-state index is 4.00. The molecule has 0 aliphatic rings. The van der Waals surface area contributed by atoms with E-state index in [2.05, 4.69) is 41.2 Å². The van der Waals surface area contributed by atoms with Crippen molar-refractivity contribution in [2.45, 2.75) is 131 Å². The molecule has 0 rings (SSSR count). The lowest BCUT2D eigenvalue weighted by Crippen LogP contribution is -2.01. The van der Waals surface area contributed by atoms with Crippen molar-refractivity contribution in [1.29, 1.82) is 0 Å². The van der Waals surface area contributed by atoms with Gasteiger partial charge in [0.25, 0.3) is 0 Å². The van der Waals surface area contributed by atoms with E-state index in [-0.39, 0.29) is 0 Å². The van der Waals surface area contributed by atoms with Crippen molar-refractivity contribution < 1.29 is 0 Å². The molecule has 0 fully saturated rings. The first-order chi connectivity index (χ1) is 12.0. The zero-order valence-corrected chi connectivity index (χ0v) is 18.5. The first-order valence-corrected chi connectivity index (χ1v) is 11.6. The lowest BCUT2D eigenvalue weighted by molar-refractivity contribution is 0.375. The molecule has 0 aromatic heterocycles. The van der Waals surface area contributed by atoms with Crippen LogP contribution in [0.1, 0.15) is 131 Å². The maximum Gasteiger partial charge on any atom is -0.0326 e. The molecule has 0 heterocycles. The summed E-state index contributed by atoms with van der Waals surface area (Å²) >= 11 is 0. The lowest BCUT2D eigenvalue weighted by Gasteiger charge is -2.16. The molecule has 0 aliphatic carbocycles. The molecule has 0 N–H and O–H groups in total. The number of allylic oxidation sites excluding steroid dienone is 1. The van der Waals surface area contributed by atoms with E-state index in [1.807, 2.05) is 0 Å². The van der Waals surface area contributed by atoms with Crippen LogP contribution in [0.25, 0.3) is 0 Å². The average molecular weight is 351 g/mol. The summed E-state index contributed by atoms with van der Waals surface area (Å²) in [6.45, 7) is 15.8. The maximum absolute atomic E-state index is 4.00. The van der Waals surface area contributed by atoms with Crippen LogP contribution in [-0.4, -0.2) is 0 Å². The van der Waals surface area contributed by atoms with Gasteiger partial charge in [0, 0.05) is 0 Å². The number of rotatable bonds is 18. The van der Waals surface area contributed by atoms with E-state index in [1.165, 1.54) is 102 Å². The average Bonchev–Trinajstić information content (AvgIpc) is 2.55. The van der Waals surface area contributed by atoms with Crippen LogP contribution in [0.2, 0.25) is 0 Å². The fraction of sp³-hybridized carbons (Fsp3) is 0.920. The van der Waals surface area contributed by atoms with Crippen molar-refractivity contribution in [3.63, 3.8) is 0 Å². The van der Waals surface area contributed by atoms with Crippen LogP contribution in [0.5, 0.6) is 0 Å². The normalized spacial score (nSPS) is 15.1. The fourth-order valence-electron chi connectivity index (χ4n) is 3.90. The highest BCUT2D eigenvalue weighted by Crippen LogP contribution is 2.23. The molecular weight excluding hydrogens is 300 g/mol. The van der Waals surface area contributed by atoms with Crippen LogP contribution < -0.4 is 0 Å². The Labute approximate surface area is 161 Å². The Morgan fingerprint density at radius 3 is 1.40 bits per heavy atom. The van der Waals surface area contributed by atoms with Crippen molar-refractivity contribution >= 4 is 0 Å². The molecular formula is C25H50. The summed E-state index contributed by atoms with van der Waals surface area (Å²) in [7, 11) is 0. The summed E-state index contributed by atoms with van der Waals surface area (Å²) in [5.74, 6) is 2.80. The first-order valence-electron chi connectivity index (χ1n) is 11.6. The third-order valence-corrected chi connectivity index (χ3v) is 5.89. The minimum Gasteiger partial charge on any atom is -0.100 e. The summed E-state index contributed by atoms with van der Waals surface area (Å²) in [6.07, 6.45) is 21.2. The monoisotopic (exact) mass is 350 g/mol. The van der Waals surface area contributed by atoms with Crippen LogP contribution in [0.4, 0.5) is 0 Å². The minimum atomic E-state index is 0.917. The Bertz CT molecular complexity index is 290. The van der Waals surface area contributed by atoms with E-state index in [0.29, 0.717) is 0 Å². The van der Waals surface area contributed by atoms with Crippen LogP contribution in [0, 0.1) is 17.8 Å². The quantitative estimate of drug-likeness (QED) is 0.170. The molecule has 0 spiro atoms. The highest BCUT2D eigenvalue weighted by Gasteiger charge is 2.07. The van der Waals surface area contributed by atoms with Gasteiger partial charge in [0.15, 0.2) is 0 Å². The number of unbranched alkanes of at least 4 members (excludes halogenated alkanes) is 4. The van der Waals surface area contributed by atoms with Crippen molar-refractivity contribution in [2.24, 2.45) is 17.8 Å². The number of hydrogen-bond donors (Lipinski definition) is 0. The van der Waals surface area contributed by atoms with Crippen LogP contribution >= 0.6 is 0 Å². The second-order valence-electron chi connectivity index (χ2n) is 9.23. The lowest BCUT2D eigenvalue weighted by atomic mass is 9.90. The molecule has 0 bridgehead atoms. The van der Waals surface area contributed by atoms with Crippen molar-refractivity contribution in [3.8, 4) is 0 Å². The van der Waals surface area contributed by atoms with Gasteiger partial charge in [0.2, 0.25) is 0 Å². The second-order valence-corrected chi connectivity index (χ2v) is 9.23. The van der Waals surface area contributed by atoms with Gasteiger partial charge in [-0.3, -0.25) is 0 Å². The van der Waals surface area contributed by atoms with Crippen LogP contribution in [0.15, 0.2) is 12.2 Å². The summed E-state index contributed by atoms with van der Waals surface area (Å²) in [6, 6.07) is 0. The van der Waals surface area contributed by atoms with Gasteiger partial charge in [-0.1, -0.05) is 117 Å². The summed E-state index contributed by atoms with van der Waals surface area (Å²) in [4.78, 5) is 0. The molecule has 0 saturated heterocycles. The Balaban J connectivity index is 3.47. The summed E-state index contributed by atoms with van der Waals surface area (Å²) < 4.78 is 0. The molecule has 25 heavy (non-hydrogen) atoms. The standard InChI is InChI=1S/C25H50/c1-7-8-9-10-16-23(4)18-13-20-25(6)21-14-19-24(5)17-12-11-15-22(2)3/h23-25H,2,7-21H2,1,3-6H3. The molecule has 0 radical (unpaired) electrons. The highest BCUT2D eigenvalue weighted by molar-refractivity contribution is 4.87. The van der Waals surface area contributed by atoms with Gasteiger partial charge in [-0.2, -0.15) is 0 Å². The first kappa shape index (κ1) is 24.7. The third kappa shape index (κ3) is 18.3.